The summed E-state index contributed by atoms with van der Waals surface area (Å²) in [5.74, 6) is 0.636. The highest BCUT2D eigenvalue weighted by Crippen LogP contribution is 2.24. The van der Waals surface area contributed by atoms with Crippen LogP contribution in [0.5, 0.6) is 0 Å². The summed E-state index contributed by atoms with van der Waals surface area (Å²) in [6, 6.07) is 10.1. The summed E-state index contributed by atoms with van der Waals surface area (Å²) in [7, 11) is 0. The summed E-state index contributed by atoms with van der Waals surface area (Å²) in [5.41, 5.74) is 2.98. The summed E-state index contributed by atoms with van der Waals surface area (Å²) in [4.78, 5) is 0. The van der Waals surface area contributed by atoms with Crippen LogP contribution in [0, 0.1) is 0 Å². The van der Waals surface area contributed by atoms with Crippen molar-refractivity contribution in [3.63, 3.8) is 0 Å². The van der Waals surface area contributed by atoms with Crippen LogP contribution in [0.1, 0.15) is 32.0 Å². The van der Waals surface area contributed by atoms with E-state index in [0.717, 1.165) is 22.3 Å². The number of rotatable bonds is 4. The van der Waals surface area contributed by atoms with Crippen molar-refractivity contribution >= 4 is 21.8 Å². The molecule has 4 heteroatoms. The van der Waals surface area contributed by atoms with Crippen LogP contribution in [0.3, 0.4) is 0 Å². The monoisotopic (exact) mass is 334 g/mol. The van der Waals surface area contributed by atoms with Gasteiger partial charge in [0.2, 0.25) is 5.88 Å². The number of nitrogens with one attached hydrogen (secondary N) is 1. The van der Waals surface area contributed by atoms with Crippen molar-refractivity contribution in [1.82, 2.24) is 5.16 Å². The van der Waals surface area contributed by atoms with Crippen LogP contribution < -0.4 is 5.32 Å². The van der Waals surface area contributed by atoms with E-state index in [1.165, 1.54) is 5.56 Å². The molecule has 0 amide bonds. The van der Waals surface area contributed by atoms with Gasteiger partial charge in [0, 0.05) is 28.1 Å². The zero-order valence-electron chi connectivity index (χ0n) is 12.0. The second-order valence-corrected chi connectivity index (χ2v) is 6.77. The van der Waals surface area contributed by atoms with Crippen molar-refractivity contribution in [2.45, 2.75) is 32.6 Å². The summed E-state index contributed by atoms with van der Waals surface area (Å²) in [6.07, 6.45) is 0.749. The molecule has 2 rings (SSSR count). The summed E-state index contributed by atoms with van der Waals surface area (Å²) < 4.78 is 6.36. The summed E-state index contributed by atoms with van der Waals surface area (Å²) >= 11 is 3.43. The van der Waals surface area contributed by atoms with Crippen molar-refractivity contribution in [1.29, 1.82) is 0 Å². The molecule has 1 aromatic carbocycles. The highest BCUT2D eigenvalue weighted by Gasteiger charge is 2.19. The van der Waals surface area contributed by atoms with Crippen molar-refractivity contribution in [3.05, 3.63) is 58.3 Å². The summed E-state index contributed by atoms with van der Waals surface area (Å²) in [5, 5.41) is 7.24. The maximum absolute atomic E-state index is 5.29. The minimum atomic E-state index is -0.0174. The maximum Gasteiger partial charge on any atom is 0.229 e. The van der Waals surface area contributed by atoms with E-state index < -0.39 is 0 Å². The number of halogens is 1. The molecule has 1 aromatic heterocycles. The number of anilines is 1. The Morgan fingerprint density at radius 3 is 2.50 bits per heavy atom. The van der Waals surface area contributed by atoms with Crippen LogP contribution in [-0.2, 0) is 11.8 Å². The predicted molar refractivity (Wildman–Crippen MR) is 85.8 cm³/mol. The van der Waals surface area contributed by atoms with Crippen molar-refractivity contribution < 1.29 is 4.52 Å². The Hall–Kier alpha value is -1.55. The number of allylic oxidation sites excluding steroid dienone is 1. The molecule has 2 aromatic rings. The SMILES string of the molecule is C=C(Cc1ccc(Br)cc1)Nc1cc(C(C)(C)C)no1. The molecule has 106 valence electrons. The molecule has 1 N–H and O–H groups in total. The van der Waals surface area contributed by atoms with Gasteiger partial charge >= 0.3 is 0 Å². The van der Waals surface area contributed by atoms with E-state index >= 15 is 0 Å². The minimum Gasteiger partial charge on any atom is -0.338 e. The molecule has 3 nitrogen and oxygen atoms in total. The minimum absolute atomic E-state index is 0.0174. The van der Waals surface area contributed by atoms with E-state index in [1.54, 1.807) is 0 Å². The average Bonchev–Trinajstić information content (AvgIpc) is 2.80. The smallest absolute Gasteiger partial charge is 0.229 e. The van der Waals surface area contributed by atoms with Crippen LogP contribution in [0.15, 0.2) is 51.6 Å². The first kappa shape index (κ1) is 14.9. The standard InChI is InChI=1S/C16H19BrN2O/c1-11(9-12-5-7-13(17)8-6-12)18-15-10-14(19-20-15)16(2,3)4/h5-8,10,18H,1,9H2,2-4H3. The van der Waals surface area contributed by atoms with Gasteiger partial charge in [0.1, 0.15) is 0 Å². The zero-order chi connectivity index (χ0) is 14.8. The molecule has 0 saturated heterocycles. The van der Waals surface area contributed by atoms with Crippen LogP contribution in [0.2, 0.25) is 0 Å². The summed E-state index contributed by atoms with van der Waals surface area (Å²) in [6.45, 7) is 10.3. The lowest BCUT2D eigenvalue weighted by Gasteiger charge is -2.12. The third-order valence-electron chi connectivity index (χ3n) is 2.91. The number of benzene rings is 1. The lowest BCUT2D eigenvalue weighted by atomic mass is 9.92. The number of hydrogen-bond acceptors (Lipinski definition) is 3. The zero-order valence-corrected chi connectivity index (χ0v) is 13.6. The van der Waals surface area contributed by atoms with Gasteiger partial charge in [-0.25, -0.2) is 0 Å². The van der Waals surface area contributed by atoms with E-state index in [9.17, 15) is 0 Å². The highest BCUT2D eigenvalue weighted by atomic mass is 79.9. The van der Waals surface area contributed by atoms with E-state index in [4.69, 9.17) is 4.52 Å². The Morgan fingerprint density at radius 1 is 1.30 bits per heavy atom. The van der Waals surface area contributed by atoms with Gasteiger partial charge in [0.05, 0.1) is 5.69 Å². The van der Waals surface area contributed by atoms with Crippen LogP contribution in [-0.4, -0.2) is 5.16 Å². The number of nitrogens with zero attached hydrogens (tertiary/aromatic N) is 1. The Morgan fingerprint density at radius 2 is 1.95 bits per heavy atom. The molecule has 0 aliphatic carbocycles. The largest absolute Gasteiger partial charge is 0.338 e. The fourth-order valence-electron chi connectivity index (χ4n) is 1.75. The molecular weight excluding hydrogens is 316 g/mol. The first-order chi connectivity index (χ1) is 9.34. The maximum atomic E-state index is 5.29. The van der Waals surface area contributed by atoms with Gasteiger partial charge in [0.25, 0.3) is 0 Å². The normalized spacial score (nSPS) is 11.4. The van der Waals surface area contributed by atoms with E-state index in [1.807, 2.05) is 18.2 Å². The fraction of sp³-hybridized carbons (Fsp3) is 0.312. The Kier molecular flexibility index (Phi) is 4.33. The number of hydrogen-bond donors (Lipinski definition) is 1. The van der Waals surface area contributed by atoms with Gasteiger partial charge in [-0.05, 0) is 17.7 Å². The van der Waals surface area contributed by atoms with E-state index in [2.05, 4.69) is 65.9 Å². The lowest BCUT2D eigenvalue weighted by Crippen LogP contribution is -2.11. The molecule has 20 heavy (non-hydrogen) atoms. The fourth-order valence-corrected chi connectivity index (χ4v) is 2.02. The number of aromatic nitrogens is 1. The second kappa shape index (κ2) is 5.83. The predicted octanol–water partition coefficient (Wildman–Crippen LogP) is 4.90. The van der Waals surface area contributed by atoms with Crippen LogP contribution in [0.25, 0.3) is 0 Å². The Bertz CT molecular complexity index is 594. The molecular formula is C16H19BrN2O. The molecule has 0 bridgehead atoms. The molecule has 0 saturated carbocycles. The van der Waals surface area contributed by atoms with E-state index in [-0.39, 0.29) is 5.41 Å². The van der Waals surface area contributed by atoms with Gasteiger partial charge in [-0.2, -0.15) is 0 Å². The Balaban J connectivity index is 1.98. The molecule has 0 unspecified atom stereocenters. The van der Waals surface area contributed by atoms with Crippen LogP contribution >= 0.6 is 15.9 Å². The van der Waals surface area contributed by atoms with Crippen molar-refractivity contribution in [2.24, 2.45) is 0 Å². The van der Waals surface area contributed by atoms with Crippen molar-refractivity contribution in [3.8, 4) is 0 Å². The molecule has 0 aliphatic heterocycles. The average molecular weight is 335 g/mol. The van der Waals surface area contributed by atoms with Gasteiger partial charge in [-0.15, -0.1) is 0 Å². The molecule has 1 heterocycles. The third-order valence-corrected chi connectivity index (χ3v) is 3.44. The molecule has 0 atom stereocenters. The molecule has 0 spiro atoms. The first-order valence-electron chi connectivity index (χ1n) is 6.51. The van der Waals surface area contributed by atoms with E-state index in [0.29, 0.717) is 5.88 Å². The molecule has 0 aliphatic rings. The van der Waals surface area contributed by atoms with Gasteiger partial charge in [0.15, 0.2) is 0 Å². The lowest BCUT2D eigenvalue weighted by molar-refractivity contribution is 0.404. The first-order valence-corrected chi connectivity index (χ1v) is 7.30. The Labute approximate surface area is 128 Å². The second-order valence-electron chi connectivity index (χ2n) is 5.86. The third kappa shape index (κ3) is 3.97. The van der Waals surface area contributed by atoms with Crippen LogP contribution in [0.4, 0.5) is 5.88 Å². The quantitative estimate of drug-likeness (QED) is 0.863. The van der Waals surface area contributed by atoms with Gasteiger partial charge in [-0.1, -0.05) is 60.6 Å². The van der Waals surface area contributed by atoms with Gasteiger partial charge < -0.3 is 9.84 Å². The molecule has 0 fully saturated rings. The van der Waals surface area contributed by atoms with Gasteiger partial charge in [-0.3, -0.25) is 0 Å². The highest BCUT2D eigenvalue weighted by molar-refractivity contribution is 9.10. The topological polar surface area (TPSA) is 38.1 Å². The molecule has 0 radical (unpaired) electrons. The van der Waals surface area contributed by atoms with Crippen molar-refractivity contribution in [2.75, 3.05) is 5.32 Å².